The van der Waals surface area contributed by atoms with E-state index in [0.717, 1.165) is 30.7 Å². The van der Waals surface area contributed by atoms with E-state index in [1.165, 1.54) is 18.4 Å². The van der Waals surface area contributed by atoms with Crippen LogP contribution in [0.1, 0.15) is 69.1 Å². The highest BCUT2D eigenvalue weighted by molar-refractivity contribution is 7.74. The van der Waals surface area contributed by atoms with Gasteiger partial charge < -0.3 is 9.47 Å². The van der Waals surface area contributed by atoms with Crippen molar-refractivity contribution in [2.24, 2.45) is 5.92 Å². The monoisotopic (exact) mass is 340 g/mol. The highest BCUT2D eigenvalue weighted by atomic mass is 32.2. The van der Waals surface area contributed by atoms with Gasteiger partial charge in [-0.15, -0.1) is 0 Å². The van der Waals surface area contributed by atoms with Crippen LogP contribution < -0.4 is 9.47 Å². The van der Waals surface area contributed by atoms with Crippen molar-refractivity contribution >= 4 is 11.4 Å². The average Bonchev–Trinajstić information content (AvgIpc) is 3.19. The lowest BCUT2D eigenvalue weighted by Crippen LogP contribution is -2.11. The van der Waals surface area contributed by atoms with Gasteiger partial charge >= 0.3 is 11.4 Å². The second kappa shape index (κ2) is 7.20. The van der Waals surface area contributed by atoms with Crippen molar-refractivity contribution in [2.45, 2.75) is 58.0 Å². The van der Waals surface area contributed by atoms with Crippen molar-refractivity contribution in [3.63, 3.8) is 0 Å². The molecule has 1 aliphatic heterocycles. The Morgan fingerprint density at radius 2 is 2.17 bits per heavy atom. The van der Waals surface area contributed by atoms with E-state index in [2.05, 4.69) is 13.0 Å². The smallest absolute Gasteiger partial charge is 0.302 e. The number of benzene rings is 1. The third kappa shape index (κ3) is 3.87. The summed E-state index contributed by atoms with van der Waals surface area (Å²) < 4.78 is 36.4. The fraction of sp³-hybridized carbons (Fsp3) is 0.647. The zero-order valence-electron chi connectivity index (χ0n) is 13.6. The Labute approximate surface area is 139 Å². The van der Waals surface area contributed by atoms with Crippen molar-refractivity contribution in [3.05, 3.63) is 23.3 Å². The van der Waals surface area contributed by atoms with Gasteiger partial charge in [-0.1, -0.05) is 32.3 Å². The number of hydrogen-bond acceptors (Lipinski definition) is 4. The van der Waals surface area contributed by atoms with Gasteiger partial charge in [0.1, 0.15) is 6.10 Å². The third-order valence-corrected chi connectivity index (χ3v) is 5.09. The van der Waals surface area contributed by atoms with Crippen LogP contribution in [-0.4, -0.2) is 15.6 Å². The summed E-state index contributed by atoms with van der Waals surface area (Å²) in [6, 6.07) is 4.02. The number of fused-ring (bicyclic) bond motifs is 1. The Morgan fingerprint density at radius 1 is 1.39 bits per heavy atom. The molecule has 1 aromatic carbocycles. The molecule has 1 fully saturated rings. The quantitative estimate of drug-likeness (QED) is 0.714. The first kappa shape index (κ1) is 16.7. The molecule has 0 spiro atoms. The topological polar surface area (TPSA) is 65.0 Å². The molecule has 0 aromatic heterocycles. The normalized spacial score (nSPS) is 20.3. The summed E-state index contributed by atoms with van der Waals surface area (Å²) in [5, 5.41) is 0. The summed E-state index contributed by atoms with van der Waals surface area (Å²) in [5.74, 6) is 2.59. The van der Waals surface area contributed by atoms with E-state index in [4.69, 9.17) is 18.2 Å². The standard InChI is InChI=1S/C17H24O5S/c1-3-4-13(9-12-5-6-12)14-7-8-15-17(21-10-20-15)16(14)11(2)22-23(18)19/h7-8,11-13H,3-6,9-10H2,1-2H3,(H,18,19). The molecule has 1 heterocycles. The molecule has 3 atom stereocenters. The molecule has 0 bridgehead atoms. The largest absolute Gasteiger partial charge is 0.454 e. The summed E-state index contributed by atoms with van der Waals surface area (Å²) in [5.41, 5.74) is 2.03. The predicted octanol–water partition coefficient (Wildman–Crippen LogP) is 4.31. The molecule has 2 aliphatic rings. The minimum absolute atomic E-state index is 0.182. The predicted molar refractivity (Wildman–Crippen MR) is 87.8 cm³/mol. The van der Waals surface area contributed by atoms with E-state index in [1.807, 2.05) is 6.07 Å². The summed E-state index contributed by atoms with van der Waals surface area (Å²) in [6.07, 6.45) is 5.46. The summed E-state index contributed by atoms with van der Waals surface area (Å²) >= 11 is -2.31. The molecule has 1 N–H and O–H groups in total. The van der Waals surface area contributed by atoms with Crippen molar-refractivity contribution in [1.29, 1.82) is 0 Å². The van der Waals surface area contributed by atoms with Crippen LogP contribution in [0.25, 0.3) is 0 Å². The van der Waals surface area contributed by atoms with Gasteiger partial charge in [-0.2, -0.15) is 4.21 Å². The average molecular weight is 340 g/mol. The fourth-order valence-corrected chi connectivity index (χ4v) is 3.80. The van der Waals surface area contributed by atoms with Gasteiger partial charge in [-0.3, -0.25) is 8.74 Å². The minimum Gasteiger partial charge on any atom is -0.454 e. The first-order valence-electron chi connectivity index (χ1n) is 8.30. The van der Waals surface area contributed by atoms with E-state index < -0.39 is 17.5 Å². The van der Waals surface area contributed by atoms with E-state index >= 15 is 0 Å². The molecule has 1 saturated carbocycles. The van der Waals surface area contributed by atoms with Crippen LogP contribution in [0, 0.1) is 5.92 Å². The van der Waals surface area contributed by atoms with Crippen molar-refractivity contribution < 1.29 is 22.4 Å². The van der Waals surface area contributed by atoms with Gasteiger partial charge in [0, 0.05) is 5.56 Å². The molecule has 3 rings (SSSR count). The third-order valence-electron chi connectivity index (χ3n) is 4.64. The van der Waals surface area contributed by atoms with Gasteiger partial charge in [0.15, 0.2) is 11.5 Å². The molecule has 0 radical (unpaired) electrons. The first-order valence-corrected chi connectivity index (χ1v) is 9.33. The van der Waals surface area contributed by atoms with Gasteiger partial charge in [-0.05, 0) is 43.2 Å². The SMILES string of the molecule is CCCC(CC1CC1)c1ccc2c(c1C(C)OS(=O)O)OCO2. The molecule has 128 valence electrons. The van der Waals surface area contributed by atoms with E-state index in [1.54, 1.807) is 6.92 Å². The van der Waals surface area contributed by atoms with Gasteiger partial charge in [-0.25, -0.2) is 0 Å². The molecular weight excluding hydrogens is 316 g/mol. The molecular formula is C17H24O5S. The maximum Gasteiger partial charge on any atom is 0.302 e. The minimum atomic E-state index is -2.31. The van der Waals surface area contributed by atoms with Crippen LogP contribution in [0.2, 0.25) is 0 Å². The lowest BCUT2D eigenvalue weighted by Gasteiger charge is -2.24. The maximum absolute atomic E-state index is 11.1. The van der Waals surface area contributed by atoms with Crippen LogP contribution in [0.3, 0.4) is 0 Å². The van der Waals surface area contributed by atoms with E-state index in [-0.39, 0.29) is 6.79 Å². The summed E-state index contributed by atoms with van der Waals surface area (Å²) in [7, 11) is 0. The molecule has 1 aliphatic carbocycles. The lowest BCUT2D eigenvalue weighted by molar-refractivity contribution is 0.168. The molecule has 6 heteroatoms. The van der Waals surface area contributed by atoms with Crippen LogP contribution in [0.15, 0.2) is 12.1 Å². The lowest BCUT2D eigenvalue weighted by atomic mass is 9.84. The van der Waals surface area contributed by atoms with Crippen LogP contribution in [-0.2, 0) is 15.5 Å². The zero-order valence-corrected chi connectivity index (χ0v) is 14.4. The van der Waals surface area contributed by atoms with Gasteiger partial charge in [0.25, 0.3) is 0 Å². The Hall–Kier alpha value is -1.11. The van der Waals surface area contributed by atoms with Crippen molar-refractivity contribution in [1.82, 2.24) is 0 Å². The van der Waals surface area contributed by atoms with Gasteiger partial charge in [0.05, 0.1) is 0 Å². The molecule has 0 saturated heterocycles. The molecule has 0 amide bonds. The number of rotatable bonds is 8. The second-order valence-corrected chi connectivity index (χ2v) is 7.05. The molecule has 1 aromatic rings. The Bertz CT molecular complexity index is 585. The molecule has 23 heavy (non-hydrogen) atoms. The summed E-state index contributed by atoms with van der Waals surface area (Å²) in [4.78, 5) is 0. The Kier molecular flexibility index (Phi) is 5.24. The van der Waals surface area contributed by atoms with E-state index in [0.29, 0.717) is 17.4 Å². The van der Waals surface area contributed by atoms with Crippen LogP contribution in [0.4, 0.5) is 0 Å². The Morgan fingerprint density at radius 3 is 2.83 bits per heavy atom. The van der Waals surface area contributed by atoms with Crippen LogP contribution in [0.5, 0.6) is 11.5 Å². The van der Waals surface area contributed by atoms with Gasteiger partial charge in [0.2, 0.25) is 6.79 Å². The fourth-order valence-electron chi connectivity index (χ4n) is 3.46. The molecule has 3 unspecified atom stereocenters. The van der Waals surface area contributed by atoms with Crippen LogP contribution >= 0.6 is 0 Å². The first-order chi connectivity index (χ1) is 11.1. The maximum atomic E-state index is 11.1. The molecule has 5 nitrogen and oxygen atoms in total. The number of hydrogen-bond donors (Lipinski definition) is 1. The van der Waals surface area contributed by atoms with E-state index in [9.17, 15) is 4.21 Å². The second-order valence-electron chi connectivity index (χ2n) is 6.42. The zero-order chi connectivity index (χ0) is 16.4. The van der Waals surface area contributed by atoms with Crippen molar-refractivity contribution in [2.75, 3.05) is 6.79 Å². The van der Waals surface area contributed by atoms with Crippen molar-refractivity contribution in [3.8, 4) is 11.5 Å². The highest BCUT2D eigenvalue weighted by Crippen LogP contribution is 2.48. The highest BCUT2D eigenvalue weighted by Gasteiger charge is 2.32. The Balaban J connectivity index is 1.98. The number of ether oxygens (including phenoxy) is 2. The summed E-state index contributed by atoms with van der Waals surface area (Å²) in [6.45, 7) is 4.16.